The molecule has 0 unspecified atom stereocenters. The van der Waals surface area contributed by atoms with Crippen molar-refractivity contribution in [1.29, 1.82) is 5.26 Å². The van der Waals surface area contributed by atoms with E-state index >= 15 is 0 Å². The molecular formula is C22H15ClN6S. The van der Waals surface area contributed by atoms with Crippen LogP contribution >= 0.6 is 22.9 Å². The van der Waals surface area contributed by atoms with Gasteiger partial charge in [0.1, 0.15) is 17.6 Å². The zero-order chi connectivity index (χ0) is 20.7. The molecular weight excluding hydrogens is 416 g/mol. The number of hydrogen-bond donors (Lipinski definition) is 3. The molecule has 0 bridgehead atoms. The minimum atomic E-state index is 0.310. The van der Waals surface area contributed by atoms with Gasteiger partial charge in [0.05, 0.1) is 20.2 Å². The van der Waals surface area contributed by atoms with E-state index in [0.29, 0.717) is 16.5 Å². The average molecular weight is 431 g/mol. The Bertz CT molecular complexity index is 1450. The number of rotatable bonds is 4. The first-order chi connectivity index (χ1) is 14.6. The van der Waals surface area contributed by atoms with Crippen LogP contribution in [0, 0.1) is 18.3 Å². The van der Waals surface area contributed by atoms with E-state index in [9.17, 15) is 5.26 Å². The molecule has 0 aliphatic rings. The summed E-state index contributed by atoms with van der Waals surface area (Å²) >= 11 is 8.02. The second kappa shape index (κ2) is 7.34. The number of fused-ring (bicyclic) bond motifs is 2. The van der Waals surface area contributed by atoms with Gasteiger partial charge in [0, 0.05) is 40.2 Å². The van der Waals surface area contributed by atoms with Crippen LogP contribution in [0.25, 0.3) is 21.1 Å². The van der Waals surface area contributed by atoms with Crippen molar-refractivity contribution in [1.82, 2.24) is 15.0 Å². The van der Waals surface area contributed by atoms with Gasteiger partial charge in [-0.2, -0.15) is 5.26 Å². The van der Waals surface area contributed by atoms with Gasteiger partial charge in [-0.15, -0.1) is 11.3 Å². The highest BCUT2D eigenvalue weighted by molar-refractivity contribution is 7.18. The van der Waals surface area contributed by atoms with Gasteiger partial charge < -0.3 is 15.6 Å². The molecule has 0 fully saturated rings. The number of H-pyrrole nitrogens is 1. The minimum absolute atomic E-state index is 0.310. The molecule has 0 aliphatic heterocycles. The lowest BCUT2D eigenvalue weighted by Gasteiger charge is -2.11. The Morgan fingerprint density at radius 2 is 1.87 bits per heavy atom. The average Bonchev–Trinajstić information content (AvgIpc) is 3.33. The number of hydrogen-bond acceptors (Lipinski definition) is 6. The molecule has 0 saturated carbocycles. The lowest BCUT2D eigenvalue weighted by molar-refractivity contribution is 1.25. The van der Waals surface area contributed by atoms with Gasteiger partial charge in [0.15, 0.2) is 0 Å². The van der Waals surface area contributed by atoms with Gasteiger partial charge in [0.2, 0.25) is 0 Å². The standard InChI is InChI=1S/C22H15ClN6S/c1-12-26-19-3-2-13(9-21(19)30-12)27-14-6-16(11-24)29-22(10-14)28-15-7-18(23)17-4-5-25-20(17)8-15/h2-10,25H,1H3,(H2,27,28,29). The largest absolute Gasteiger partial charge is 0.361 e. The number of halogens is 1. The Labute approximate surface area is 181 Å². The SMILES string of the molecule is Cc1nc2ccc(Nc3cc(C#N)nc(Nc4cc(Cl)c5cc[nH]c5c4)c3)cc2s1. The van der Waals surface area contributed by atoms with Gasteiger partial charge in [-0.1, -0.05) is 11.6 Å². The molecule has 0 radical (unpaired) electrons. The Balaban J connectivity index is 1.47. The van der Waals surface area contributed by atoms with Crippen LogP contribution in [0.5, 0.6) is 0 Å². The number of benzene rings is 2. The van der Waals surface area contributed by atoms with Gasteiger partial charge in [0.25, 0.3) is 0 Å². The highest BCUT2D eigenvalue weighted by Gasteiger charge is 2.08. The first kappa shape index (κ1) is 18.4. The summed E-state index contributed by atoms with van der Waals surface area (Å²) in [7, 11) is 0. The molecule has 0 aliphatic carbocycles. The van der Waals surface area contributed by atoms with Crippen LogP contribution in [-0.2, 0) is 0 Å². The fourth-order valence-electron chi connectivity index (χ4n) is 3.35. The van der Waals surface area contributed by atoms with Gasteiger partial charge in [-0.05, 0) is 49.4 Å². The summed E-state index contributed by atoms with van der Waals surface area (Å²) in [5.41, 5.74) is 4.68. The van der Waals surface area contributed by atoms with Crippen LogP contribution in [0.2, 0.25) is 5.02 Å². The Kier molecular flexibility index (Phi) is 4.51. The predicted molar refractivity (Wildman–Crippen MR) is 123 cm³/mol. The molecule has 0 amide bonds. The van der Waals surface area contributed by atoms with Crippen LogP contribution in [0.4, 0.5) is 22.9 Å². The van der Waals surface area contributed by atoms with Gasteiger partial charge in [-0.3, -0.25) is 0 Å². The molecule has 146 valence electrons. The number of thiazole rings is 1. The number of anilines is 4. The second-order valence-corrected chi connectivity index (χ2v) is 8.44. The van der Waals surface area contributed by atoms with Crippen molar-refractivity contribution in [2.45, 2.75) is 6.92 Å². The van der Waals surface area contributed by atoms with Crippen LogP contribution in [0.15, 0.2) is 54.7 Å². The summed E-state index contributed by atoms with van der Waals surface area (Å²) < 4.78 is 1.11. The van der Waals surface area contributed by atoms with Crippen molar-refractivity contribution in [3.05, 3.63) is 70.5 Å². The molecule has 5 aromatic rings. The van der Waals surface area contributed by atoms with Crippen molar-refractivity contribution in [3.8, 4) is 6.07 Å². The number of nitrogens with one attached hydrogen (secondary N) is 3. The van der Waals surface area contributed by atoms with E-state index in [1.54, 1.807) is 17.4 Å². The third kappa shape index (κ3) is 3.54. The lowest BCUT2D eigenvalue weighted by Crippen LogP contribution is -1.99. The molecule has 0 spiro atoms. The van der Waals surface area contributed by atoms with Crippen molar-refractivity contribution >= 4 is 66.9 Å². The van der Waals surface area contributed by atoms with Crippen molar-refractivity contribution in [2.24, 2.45) is 0 Å². The molecule has 3 aromatic heterocycles. The van der Waals surface area contributed by atoms with Crippen molar-refractivity contribution in [2.75, 3.05) is 10.6 Å². The van der Waals surface area contributed by atoms with E-state index in [0.717, 1.165) is 43.2 Å². The van der Waals surface area contributed by atoms with E-state index in [1.807, 2.05) is 49.5 Å². The Morgan fingerprint density at radius 3 is 2.73 bits per heavy atom. The molecule has 3 heterocycles. The minimum Gasteiger partial charge on any atom is -0.361 e. The van der Waals surface area contributed by atoms with Crippen molar-refractivity contribution < 1.29 is 0 Å². The number of aryl methyl sites for hydroxylation is 1. The fraction of sp³-hybridized carbons (Fsp3) is 0.0455. The number of pyridine rings is 1. The zero-order valence-corrected chi connectivity index (χ0v) is 17.4. The number of nitrogens with zero attached hydrogens (tertiary/aromatic N) is 3. The fourth-order valence-corrected chi connectivity index (χ4v) is 4.50. The summed E-state index contributed by atoms with van der Waals surface area (Å²) in [5.74, 6) is 0.549. The van der Waals surface area contributed by atoms with E-state index < -0.39 is 0 Å². The van der Waals surface area contributed by atoms with Gasteiger partial charge in [-0.25, -0.2) is 9.97 Å². The van der Waals surface area contributed by atoms with E-state index in [2.05, 4.69) is 37.7 Å². The van der Waals surface area contributed by atoms with Gasteiger partial charge >= 0.3 is 0 Å². The highest BCUT2D eigenvalue weighted by atomic mass is 35.5. The summed E-state index contributed by atoms with van der Waals surface area (Å²) in [6.45, 7) is 1.99. The maximum Gasteiger partial charge on any atom is 0.144 e. The van der Waals surface area contributed by atoms with Crippen LogP contribution < -0.4 is 10.6 Å². The van der Waals surface area contributed by atoms with E-state index in [-0.39, 0.29) is 0 Å². The Morgan fingerprint density at radius 1 is 1.00 bits per heavy atom. The summed E-state index contributed by atoms with van der Waals surface area (Å²) in [6.07, 6.45) is 1.85. The first-order valence-corrected chi connectivity index (χ1v) is 10.4. The normalized spacial score (nSPS) is 11.0. The number of nitriles is 1. The van der Waals surface area contributed by atoms with E-state index in [1.165, 1.54) is 0 Å². The molecule has 2 aromatic carbocycles. The number of aromatic nitrogens is 3. The maximum atomic E-state index is 9.42. The summed E-state index contributed by atoms with van der Waals surface area (Å²) in [5, 5.41) is 18.6. The monoisotopic (exact) mass is 430 g/mol. The predicted octanol–water partition coefficient (Wildman–Crippen LogP) is 6.49. The maximum absolute atomic E-state index is 9.42. The van der Waals surface area contributed by atoms with Crippen molar-refractivity contribution in [3.63, 3.8) is 0 Å². The van der Waals surface area contributed by atoms with Crippen LogP contribution in [0.3, 0.4) is 0 Å². The summed E-state index contributed by atoms with van der Waals surface area (Å²) in [4.78, 5) is 12.0. The molecule has 3 N–H and O–H groups in total. The Hall–Kier alpha value is -3.60. The van der Waals surface area contributed by atoms with Crippen LogP contribution in [0.1, 0.15) is 10.7 Å². The summed E-state index contributed by atoms with van der Waals surface area (Å²) in [6, 6.07) is 17.4. The third-order valence-corrected chi connectivity index (χ3v) is 5.86. The third-order valence-electron chi connectivity index (χ3n) is 4.61. The smallest absolute Gasteiger partial charge is 0.144 e. The van der Waals surface area contributed by atoms with E-state index in [4.69, 9.17) is 11.6 Å². The molecule has 8 heteroatoms. The molecule has 0 saturated heterocycles. The highest BCUT2D eigenvalue weighted by Crippen LogP contribution is 2.30. The molecule has 6 nitrogen and oxygen atoms in total. The molecule has 30 heavy (non-hydrogen) atoms. The first-order valence-electron chi connectivity index (χ1n) is 9.17. The topological polar surface area (TPSA) is 89.4 Å². The molecule has 0 atom stereocenters. The zero-order valence-electron chi connectivity index (χ0n) is 15.8. The molecule has 5 rings (SSSR count). The van der Waals surface area contributed by atoms with Crippen LogP contribution in [-0.4, -0.2) is 15.0 Å². The lowest BCUT2D eigenvalue weighted by atomic mass is 10.2. The number of aromatic amines is 1. The second-order valence-electron chi connectivity index (χ2n) is 6.80. The quantitative estimate of drug-likeness (QED) is 0.303.